The number of hydrogen-bond acceptors (Lipinski definition) is 6. The van der Waals surface area contributed by atoms with E-state index in [9.17, 15) is 5.11 Å². The molecule has 170 valence electrons. The highest BCUT2D eigenvalue weighted by molar-refractivity contribution is 6.30. The van der Waals surface area contributed by atoms with Gasteiger partial charge >= 0.3 is 0 Å². The first-order chi connectivity index (χ1) is 15.6. The maximum Gasteiger partial charge on any atom is 0.134 e. The smallest absolute Gasteiger partial charge is 0.134 e. The summed E-state index contributed by atoms with van der Waals surface area (Å²) in [5.74, 6) is 1.49. The number of benzene rings is 2. The number of aromatic nitrogens is 2. The number of β-amino-alcohol motifs (C(OH)–C–C–N with tert-alkyl or cyclic N) is 1. The van der Waals surface area contributed by atoms with Crippen molar-refractivity contribution in [3.63, 3.8) is 0 Å². The fourth-order valence-electron chi connectivity index (χ4n) is 3.65. The number of nitrogens with zero attached hydrogens (tertiary/aromatic N) is 3. The van der Waals surface area contributed by atoms with Gasteiger partial charge in [-0.05, 0) is 48.0 Å². The first-order valence-corrected chi connectivity index (χ1v) is 11.1. The van der Waals surface area contributed by atoms with Gasteiger partial charge in [0.1, 0.15) is 30.3 Å². The highest BCUT2D eigenvalue weighted by atomic mass is 35.5. The quantitative estimate of drug-likeness (QED) is 0.532. The molecule has 1 aliphatic heterocycles. The predicted octanol–water partition coefficient (Wildman–Crippen LogP) is 3.26. The fraction of sp³-hybridized carbons (Fsp3) is 0.375. The van der Waals surface area contributed by atoms with E-state index in [-0.39, 0.29) is 13.2 Å². The summed E-state index contributed by atoms with van der Waals surface area (Å²) >= 11 is 5.92. The molecule has 0 aliphatic carbocycles. The van der Waals surface area contributed by atoms with Crippen LogP contribution in [0.4, 0.5) is 0 Å². The minimum absolute atomic E-state index is 0.141. The van der Waals surface area contributed by atoms with Crippen LogP contribution in [0.2, 0.25) is 5.02 Å². The van der Waals surface area contributed by atoms with Gasteiger partial charge in [0.25, 0.3) is 0 Å². The number of halogens is 1. The van der Waals surface area contributed by atoms with Gasteiger partial charge in [0.2, 0.25) is 0 Å². The zero-order chi connectivity index (χ0) is 22.2. The second-order valence-corrected chi connectivity index (χ2v) is 8.43. The Kier molecular flexibility index (Phi) is 7.65. The first-order valence-electron chi connectivity index (χ1n) is 10.7. The Morgan fingerprint density at radius 2 is 1.97 bits per heavy atom. The molecule has 0 spiro atoms. The van der Waals surface area contributed by atoms with Gasteiger partial charge in [0.15, 0.2) is 0 Å². The van der Waals surface area contributed by atoms with E-state index in [1.807, 2.05) is 35.1 Å². The third kappa shape index (κ3) is 6.71. The van der Waals surface area contributed by atoms with Crippen LogP contribution < -0.4 is 9.47 Å². The van der Waals surface area contributed by atoms with Gasteiger partial charge in [-0.3, -0.25) is 9.58 Å². The summed E-state index contributed by atoms with van der Waals surface area (Å²) in [6.45, 7) is 4.03. The molecule has 0 saturated carbocycles. The van der Waals surface area contributed by atoms with Crippen LogP contribution in [0.5, 0.6) is 11.5 Å². The van der Waals surface area contributed by atoms with Gasteiger partial charge in [-0.25, -0.2) is 0 Å². The Hall–Kier alpha value is -2.58. The van der Waals surface area contributed by atoms with Crippen LogP contribution in [0, 0.1) is 0 Å². The molecule has 1 aliphatic rings. The van der Waals surface area contributed by atoms with E-state index in [2.05, 4.69) is 16.1 Å². The van der Waals surface area contributed by atoms with Crippen LogP contribution in [0.15, 0.2) is 67.0 Å². The molecule has 1 N–H and O–H groups in total. The lowest BCUT2D eigenvalue weighted by Crippen LogP contribution is -2.48. The van der Waals surface area contributed by atoms with Gasteiger partial charge < -0.3 is 19.3 Å². The summed E-state index contributed by atoms with van der Waals surface area (Å²) in [6, 6.07) is 17.1. The normalized spacial score (nSPS) is 19.4. The predicted molar refractivity (Wildman–Crippen MR) is 122 cm³/mol. The summed E-state index contributed by atoms with van der Waals surface area (Å²) in [5, 5.41) is 16.0. The Labute approximate surface area is 193 Å². The zero-order valence-electron chi connectivity index (χ0n) is 17.9. The molecule has 1 aromatic heterocycles. The van der Waals surface area contributed by atoms with Crippen LogP contribution in [-0.4, -0.2) is 64.9 Å². The number of ether oxygens (including phenoxy) is 3. The van der Waals surface area contributed by atoms with Crippen LogP contribution in [0.1, 0.15) is 5.56 Å². The molecule has 4 rings (SSSR count). The van der Waals surface area contributed by atoms with Gasteiger partial charge in [-0.1, -0.05) is 23.7 Å². The van der Waals surface area contributed by atoms with Gasteiger partial charge in [-0.15, -0.1) is 0 Å². The Morgan fingerprint density at radius 1 is 1.09 bits per heavy atom. The highest BCUT2D eigenvalue weighted by Gasteiger charge is 2.33. The van der Waals surface area contributed by atoms with E-state index >= 15 is 0 Å². The molecule has 0 radical (unpaired) electrons. The van der Waals surface area contributed by atoms with E-state index in [4.69, 9.17) is 25.8 Å². The van der Waals surface area contributed by atoms with Crippen molar-refractivity contribution >= 4 is 11.6 Å². The molecule has 0 bridgehead atoms. The summed E-state index contributed by atoms with van der Waals surface area (Å²) in [6.07, 6.45) is 3.67. The summed E-state index contributed by atoms with van der Waals surface area (Å²) in [4.78, 5) is 2.18. The summed E-state index contributed by atoms with van der Waals surface area (Å²) in [5.41, 5.74) is 0.0121. The molecule has 3 aromatic rings. The van der Waals surface area contributed by atoms with Crippen molar-refractivity contribution in [3.8, 4) is 11.5 Å². The van der Waals surface area contributed by atoms with Crippen molar-refractivity contribution in [1.82, 2.24) is 14.7 Å². The van der Waals surface area contributed by atoms with E-state index < -0.39 is 5.60 Å². The standard InChI is InChI=1S/C24H28ClN3O4/c25-21-5-7-22(8-6-21)32-19-24(29)17-27(11-13-30-18-24)16-20-3-1-4-23(15-20)31-14-12-28-10-2-9-26-28/h1-10,15,29H,11-14,16-19H2. The Balaban J connectivity index is 1.31. The van der Waals surface area contributed by atoms with Crippen molar-refractivity contribution in [2.75, 3.05) is 39.5 Å². The number of aliphatic hydroxyl groups is 1. The lowest BCUT2D eigenvalue weighted by Gasteiger charge is -2.30. The van der Waals surface area contributed by atoms with Crippen molar-refractivity contribution in [2.24, 2.45) is 0 Å². The minimum Gasteiger partial charge on any atom is -0.492 e. The summed E-state index contributed by atoms with van der Waals surface area (Å²) in [7, 11) is 0. The van der Waals surface area contributed by atoms with Crippen LogP contribution in [0.3, 0.4) is 0 Å². The molecule has 32 heavy (non-hydrogen) atoms. The molecule has 1 unspecified atom stereocenters. The van der Waals surface area contributed by atoms with Crippen molar-refractivity contribution in [2.45, 2.75) is 18.7 Å². The van der Waals surface area contributed by atoms with E-state index in [0.29, 0.717) is 43.6 Å². The van der Waals surface area contributed by atoms with E-state index in [1.165, 1.54) is 0 Å². The largest absolute Gasteiger partial charge is 0.492 e. The second kappa shape index (κ2) is 10.8. The Bertz CT molecular complexity index is 968. The average Bonchev–Trinajstić information content (AvgIpc) is 3.23. The van der Waals surface area contributed by atoms with Crippen molar-refractivity contribution in [3.05, 3.63) is 77.6 Å². The minimum atomic E-state index is -1.10. The van der Waals surface area contributed by atoms with Crippen molar-refractivity contribution in [1.29, 1.82) is 0 Å². The zero-order valence-corrected chi connectivity index (χ0v) is 18.7. The van der Waals surface area contributed by atoms with E-state index in [1.54, 1.807) is 30.5 Å². The highest BCUT2D eigenvalue weighted by Crippen LogP contribution is 2.21. The first kappa shape index (κ1) is 22.6. The second-order valence-electron chi connectivity index (χ2n) is 8.00. The van der Waals surface area contributed by atoms with Gasteiger partial charge in [0.05, 0.1) is 19.8 Å². The maximum atomic E-state index is 11.1. The fourth-order valence-corrected chi connectivity index (χ4v) is 3.78. The molecule has 1 saturated heterocycles. The molecule has 0 amide bonds. The third-order valence-corrected chi connectivity index (χ3v) is 5.47. The lowest BCUT2D eigenvalue weighted by atomic mass is 10.1. The topological polar surface area (TPSA) is 69.0 Å². The van der Waals surface area contributed by atoms with Crippen LogP contribution >= 0.6 is 11.6 Å². The molecular formula is C24H28ClN3O4. The van der Waals surface area contributed by atoms with Crippen molar-refractivity contribution < 1.29 is 19.3 Å². The van der Waals surface area contributed by atoms with Crippen LogP contribution in [0.25, 0.3) is 0 Å². The monoisotopic (exact) mass is 457 g/mol. The van der Waals surface area contributed by atoms with Crippen LogP contribution in [-0.2, 0) is 17.8 Å². The molecule has 7 nitrogen and oxygen atoms in total. The van der Waals surface area contributed by atoms with E-state index in [0.717, 1.165) is 17.9 Å². The number of rotatable bonds is 9. The Morgan fingerprint density at radius 3 is 2.78 bits per heavy atom. The number of hydrogen-bond donors (Lipinski definition) is 1. The maximum absolute atomic E-state index is 11.1. The lowest BCUT2D eigenvalue weighted by molar-refractivity contribution is -0.0646. The average molecular weight is 458 g/mol. The molecular weight excluding hydrogens is 430 g/mol. The SMILES string of the molecule is OC1(COc2ccc(Cl)cc2)COCCN(Cc2cccc(OCCn3cccn3)c2)C1. The van der Waals surface area contributed by atoms with Gasteiger partial charge in [0, 0.05) is 37.1 Å². The molecule has 2 aromatic carbocycles. The molecule has 2 heterocycles. The molecule has 1 fully saturated rings. The van der Waals surface area contributed by atoms with Gasteiger partial charge in [-0.2, -0.15) is 5.10 Å². The molecule has 1 atom stereocenters. The molecule has 8 heteroatoms. The summed E-state index contributed by atoms with van der Waals surface area (Å²) < 4.78 is 19.2. The third-order valence-electron chi connectivity index (χ3n) is 5.21.